The molecule has 2 N–H and O–H groups in total. The molecule has 0 atom stereocenters. The maximum atomic E-state index is 9.75. The first-order valence-corrected chi connectivity index (χ1v) is 8.76. The molecule has 0 aliphatic heterocycles. The molecular formula is C21H20N5+. The second-order valence-corrected chi connectivity index (χ2v) is 6.29. The van der Waals surface area contributed by atoms with Crippen molar-refractivity contribution in [2.24, 2.45) is 0 Å². The van der Waals surface area contributed by atoms with E-state index < -0.39 is 0 Å². The van der Waals surface area contributed by atoms with Crippen LogP contribution in [-0.2, 0) is 13.0 Å². The van der Waals surface area contributed by atoms with Gasteiger partial charge in [-0.3, -0.25) is 15.3 Å². The van der Waals surface area contributed by atoms with Crippen LogP contribution in [0.3, 0.4) is 0 Å². The molecule has 0 unspecified atom stereocenters. The van der Waals surface area contributed by atoms with E-state index in [1.54, 1.807) is 6.20 Å². The fourth-order valence-corrected chi connectivity index (χ4v) is 3.56. The minimum Gasteiger partial charge on any atom is -0.299 e. The highest BCUT2D eigenvalue weighted by atomic mass is 15.1. The monoisotopic (exact) mass is 342 g/mol. The summed E-state index contributed by atoms with van der Waals surface area (Å²) < 4.78 is 2.13. The summed E-state index contributed by atoms with van der Waals surface area (Å²) in [5.41, 5.74) is 6.73. The number of nitrogens with zero attached hydrogens (tertiary/aromatic N) is 3. The number of aromatic amines is 1. The van der Waals surface area contributed by atoms with Crippen LogP contribution in [0.1, 0.15) is 29.3 Å². The van der Waals surface area contributed by atoms with Crippen molar-refractivity contribution in [2.75, 3.05) is 5.32 Å². The Morgan fingerprint density at radius 2 is 2.00 bits per heavy atom. The Morgan fingerprint density at radius 3 is 2.73 bits per heavy atom. The number of nitriles is 1. The van der Waals surface area contributed by atoms with Gasteiger partial charge in [-0.15, -0.1) is 0 Å². The van der Waals surface area contributed by atoms with Crippen LogP contribution in [-0.4, -0.2) is 9.97 Å². The number of aromatic nitrogens is 3. The zero-order valence-corrected chi connectivity index (χ0v) is 14.9. The third kappa shape index (κ3) is 2.47. The van der Waals surface area contributed by atoms with Crippen molar-refractivity contribution in [2.45, 2.75) is 26.8 Å². The molecule has 0 fully saturated rings. The summed E-state index contributed by atoms with van der Waals surface area (Å²) in [6, 6.07) is 16.4. The second-order valence-electron chi connectivity index (χ2n) is 6.29. The maximum Gasteiger partial charge on any atom is 0.250 e. The molecule has 0 aliphatic carbocycles. The molecule has 5 heteroatoms. The van der Waals surface area contributed by atoms with Gasteiger partial charge in [0.1, 0.15) is 29.2 Å². The Bertz CT molecular complexity index is 1140. The van der Waals surface area contributed by atoms with E-state index in [0.29, 0.717) is 12.1 Å². The Labute approximate surface area is 151 Å². The number of imidazole rings is 1. The van der Waals surface area contributed by atoms with Gasteiger partial charge in [-0.05, 0) is 43.2 Å². The number of rotatable bonds is 4. The van der Waals surface area contributed by atoms with Gasteiger partial charge in [-0.25, -0.2) is 0 Å². The van der Waals surface area contributed by atoms with Gasteiger partial charge in [-0.2, -0.15) is 9.66 Å². The van der Waals surface area contributed by atoms with Crippen LogP contribution in [0.2, 0.25) is 0 Å². The first kappa shape index (κ1) is 16.1. The maximum absolute atomic E-state index is 9.75. The van der Waals surface area contributed by atoms with Crippen LogP contribution < -0.4 is 9.72 Å². The number of fused-ring (bicyclic) bond motifs is 3. The van der Waals surface area contributed by atoms with Crippen molar-refractivity contribution in [3.05, 3.63) is 71.0 Å². The van der Waals surface area contributed by atoms with Gasteiger partial charge in [0.2, 0.25) is 11.5 Å². The molecule has 0 bridgehead atoms. The summed E-state index contributed by atoms with van der Waals surface area (Å²) in [5.74, 6) is 1.02. The summed E-state index contributed by atoms with van der Waals surface area (Å²) >= 11 is 0. The molecule has 5 nitrogen and oxygen atoms in total. The third-order valence-electron chi connectivity index (χ3n) is 4.82. The fourth-order valence-electron chi connectivity index (χ4n) is 3.56. The van der Waals surface area contributed by atoms with E-state index in [1.807, 2.05) is 43.3 Å². The van der Waals surface area contributed by atoms with Crippen LogP contribution in [0.5, 0.6) is 0 Å². The lowest BCUT2D eigenvalue weighted by atomic mass is 10.0. The van der Waals surface area contributed by atoms with E-state index in [4.69, 9.17) is 0 Å². The third-order valence-corrected chi connectivity index (χ3v) is 4.82. The van der Waals surface area contributed by atoms with Crippen molar-refractivity contribution in [1.82, 2.24) is 9.97 Å². The van der Waals surface area contributed by atoms with Crippen LogP contribution in [0, 0.1) is 18.3 Å². The lowest BCUT2D eigenvalue weighted by Gasteiger charge is -2.12. The Hall–Kier alpha value is -3.39. The Kier molecular flexibility index (Phi) is 4.02. The predicted molar refractivity (Wildman–Crippen MR) is 102 cm³/mol. The molecule has 26 heavy (non-hydrogen) atoms. The van der Waals surface area contributed by atoms with Crippen molar-refractivity contribution in [3.8, 4) is 6.07 Å². The molecule has 0 aliphatic rings. The molecule has 4 rings (SSSR count). The van der Waals surface area contributed by atoms with E-state index in [1.165, 1.54) is 0 Å². The van der Waals surface area contributed by atoms with Gasteiger partial charge in [0.25, 0.3) is 0 Å². The highest BCUT2D eigenvalue weighted by Gasteiger charge is 2.24. The minimum atomic E-state index is 0.626. The first-order valence-electron chi connectivity index (χ1n) is 8.76. The second kappa shape index (κ2) is 6.49. The molecule has 3 aromatic heterocycles. The normalized spacial score (nSPS) is 11.0. The number of H-pyrrole nitrogens is 1. The van der Waals surface area contributed by atoms with Gasteiger partial charge < -0.3 is 0 Å². The molecule has 1 aromatic carbocycles. The summed E-state index contributed by atoms with van der Waals surface area (Å²) in [7, 11) is 0. The summed E-state index contributed by atoms with van der Waals surface area (Å²) in [6.07, 6.45) is 2.64. The quantitative estimate of drug-likeness (QED) is 0.556. The number of benzene rings is 1. The highest BCUT2D eigenvalue weighted by molar-refractivity contribution is 5.78. The van der Waals surface area contributed by atoms with Crippen LogP contribution in [0.15, 0.2) is 48.7 Å². The lowest BCUT2D eigenvalue weighted by molar-refractivity contribution is -0.465. The van der Waals surface area contributed by atoms with E-state index >= 15 is 0 Å². The standard InChI is InChI=1S/C21H19N5/c1-3-16-14(2)17(12-22)21-25-18-9-4-5-10-19(18)26(21)20(16)24-13-15-8-6-7-11-23-15/h4-11H,3,13H2,1-2H3,(H,24,25)/p+1. The molecule has 0 spiro atoms. The van der Waals surface area contributed by atoms with Crippen LogP contribution >= 0.6 is 0 Å². The first-order chi connectivity index (χ1) is 12.7. The molecule has 0 amide bonds. The smallest absolute Gasteiger partial charge is 0.250 e. The van der Waals surface area contributed by atoms with Crippen LogP contribution in [0.25, 0.3) is 16.7 Å². The fraction of sp³-hybridized carbons (Fsp3) is 0.190. The zero-order chi connectivity index (χ0) is 18.1. The number of hydrogen-bond donors (Lipinski definition) is 2. The number of pyridine rings is 2. The average Bonchev–Trinajstić information content (AvgIpc) is 3.06. The average molecular weight is 342 g/mol. The molecule has 0 saturated heterocycles. The van der Waals surface area contributed by atoms with E-state index in [0.717, 1.165) is 45.7 Å². The number of anilines is 1. The van der Waals surface area contributed by atoms with E-state index in [2.05, 4.69) is 38.7 Å². The van der Waals surface area contributed by atoms with Crippen molar-refractivity contribution in [1.29, 1.82) is 5.26 Å². The summed E-state index contributed by atoms with van der Waals surface area (Å²) in [5, 5.41) is 13.3. The number of nitrogens with one attached hydrogen (secondary N) is 2. The molecule has 4 aromatic rings. The minimum absolute atomic E-state index is 0.626. The molecule has 128 valence electrons. The van der Waals surface area contributed by atoms with E-state index in [9.17, 15) is 5.26 Å². The Balaban J connectivity index is 1.98. The van der Waals surface area contributed by atoms with Crippen LogP contribution in [0.4, 0.5) is 5.82 Å². The van der Waals surface area contributed by atoms with Gasteiger partial charge in [0.15, 0.2) is 0 Å². The molecule has 0 radical (unpaired) electrons. The SMILES string of the molecule is CCc1c(C)c(C#N)c2[nH]c3ccccc3[n+]2c1NCc1ccccn1. The summed E-state index contributed by atoms with van der Waals surface area (Å²) in [4.78, 5) is 7.82. The molecule has 0 saturated carbocycles. The Morgan fingerprint density at radius 1 is 1.19 bits per heavy atom. The molecular weight excluding hydrogens is 322 g/mol. The van der Waals surface area contributed by atoms with Crippen molar-refractivity contribution >= 4 is 22.5 Å². The lowest BCUT2D eigenvalue weighted by Crippen LogP contribution is -2.29. The van der Waals surface area contributed by atoms with Gasteiger partial charge >= 0.3 is 0 Å². The number of hydrogen-bond acceptors (Lipinski definition) is 3. The topological polar surface area (TPSA) is 68.6 Å². The van der Waals surface area contributed by atoms with E-state index in [-0.39, 0.29) is 0 Å². The largest absolute Gasteiger partial charge is 0.299 e. The zero-order valence-electron chi connectivity index (χ0n) is 14.9. The molecule has 3 heterocycles. The van der Waals surface area contributed by atoms with Crippen molar-refractivity contribution < 1.29 is 4.40 Å². The predicted octanol–water partition coefficient (Wildman–Crippen LogP) is 3.66. The highest BCUT2D eigenvalue weighted by Crippen LogP contribution is 2.26. The number of para-hydroxylation sites is 2. The summed E-state index contributed by atoms with van der Waals surface area (Å²) in [6.45, 7) is 4.77. The van der Waals surface area contributed by atoms with Gasteiger partial charge in [-0.1, -0.05) is 25.1 Å². The van der Waals surface area contributed by atoms with Gasteiger partial charge in [0, 0.05) is 11.8 Å². The van der Waals surface area contributed by atoms with Gasteiger partial charge in [0.05, 0.1) is 5.69 Å². The van der Waals surface area contributed by atoms with Crippen molar-refractivity contribution in [3.63, 3.8) is 0 Å².